The largest absolute Gasteiger partial charge is 0.327 e. The van der Waals surface area contributed by atoms with Crippen LogP contribution in [0.15, 0.2) is 112 Å². The van der Waals surface area contributed by atoms with Crippen LogP contribution in [0.2, 0.25) is 0 Å². The SMILES string of the molecule is C=C[C@@H](c1ccc(Br)cc1)C(F)(S(=O)(=O)c1ccccc1)S(=O)(=O)c1ccccc1. The van der Waals surface area contributed by atoms with Gasteiger partial charge in [-0.05, 0) is 42.0 Å². The van der Waals surface area contributed by atoms with Crippen LogP contribution in [-0.4, -0.2) is 21.2 Å². The second-order valence-electron chi connectivity index (χ2n) is 6.48. The van der Waals surface area contributed by atoms with E-state index < -0.39 is 39.7 Å². The predicted octanol–water partition coefficient (Wildman–Crippen LogP) is 5.29. The highest BCUT2D eigenvalue weighted by atomic mass is 79.9. The Bertz CT molecular complexity index is 1170. The minimum Gasteiger partial charge on any atom is -0.219 e. The van der Waals surface area contributed by atoms with E-state index in [2.05, 4.69) is 22.5 Å². The van der Waals surface area contributed by atoms with Gasteiger partial charge in [-0.1, -0.05) is 70.5 Å². The first-order chi connectivity index (χ1) is 14.2. The summed E-state index contributed by atoms with van der Waals surface area (Å²) < 4.78 is 67.9. The van der Waals surface area contributed by atoms with Crippen molar-refractivity contribution in [3.05, 3.63) is 108 Å². The fraction of sp³-hybridized carbons (Fsp3) is 0.0909. The van der Waals surface area contributed by atoms with Crippen molar-refractivity contribution in [1.82, 2.24) is 0 Å². The molecule has 156 valence electrons. The van der Waals surface area contributed by atoms with Crippen molar-refractivity contribution in [2.24, 2.45) is 0 Å². The average molecular weight is 509 g/mol. The maximum Gasteiger partial charge on any atom is 0.327 e. The third kappa shape index (κ3) is 3.64. The third-order valence-corrected chi connectivity index (χ3v) is 10.3. The summed E-state index contributed by atoms with van der Waals surface area (Å²) in [6, 6.07) is 19.5. The zero-order valence-electron chi connectivity index (χ0n) is 15.7. The second-order valence-corrected chi connectivity index (χ2v) is 11.8. The van der Waals surface area contributed by atoms with Crippen LogP contribution in [0.5, 0.6) is 0 Å². The topological polar surface area (TPSA) is 68.3 Å². The molecule has 0 amide bonds. The molecule has 4 nitrogen and oxygen atoms in total. The number of hydrogen-bond donors (Lipinski definition) is 0. The van der Waals surface area contributed by atoms with Crippen molar-refractivity contribution in [3.63, 3.8) is 0 Å². The van der Waals surface area contributed by atoms with Crippen LogP contribution in [0.25, 0.3) is 0 Å². The Hall–Kier alpha value is -2.29. The predicted molar refractivity (Wildman–Crippen MR) is 118 cm³/mol. The van der Waals surface area contributed by atoms with Gasteiger partial charge >= 0.3 is 4.33 Å². The van der Waals surface area contributed by atoms with E-state index in [1.54, 1.807) is 24.3 Å². The lowest BCUT2D eigenvalue weighted by atomic mass is 10.0. The normalized spacial score (nSPS) is 13.5. The molecule has 0 aromatic heterocycles. The van der Waals surface area contributed by atoms with E-state index in [0.717, 1.165) is 6.08 Å². The summed E-state index contributed by atoms with van der Waals surface area (Å²) in [6.45, 7) is 3.56. The zero-order chi connectivity index (χ0) is 22.0. The Morgan fingerprint density at radius 2 is 1.17 bits per heavy atom. The van der Waals surface area contributed by atoms with Crippen LogP contribution in [0.3, 0.4) is 0 Å². The van der Waals surface area contributed by atoms with Gasteiger partial charge in [0.15, 0.2) is 0 Å². The lowest BCUT2D eigenvalue weighted by Gasteiger charge is -2.31. The van der Waals surface area contributed by atoms with E-state index in [1.165, 1.54) is 60.7 Å². The Kier molecular flexibility index (Phi) is 6.31. The molecule has 0 heterocycles. The first-order valence-corrected chi connectivity index (χ1v) is 12.6. The van der Waals surface area contributed by atoms with Gasteiger partial charge in [-0.25, -0.2) is 21.2 Å². The highest BCUT2D eigenvalue weighted by Crippen LogP contribution is 2.47. The average Bonchev–Trinajstić information content (AvgIpc) is 2.76. The van der Waals surface area contributed by atoms with Gasteiger partial charge in [0.2, 0.25) is 19.7 Å². The summed E-state index contributed by atoms with van der Waals surface area (Å²) in [6.07, 6.45) is 1.02. The molecule has 0 bridgehead atoms. The van der Waals surface area contributed by atoms with E-state index in [9.17, 15) is 16.8 Å². The molecule has 0 radical (unpaired) electrons. The van der Waals surface area contributed by atoms with Gasteiger partial charge in [-0.3, -0.25) is 0 Å². The van der Waals surface area contributed by atoms with E-state index in [1.807, 2.05) is 0 Å². The lowest BCUT2D eigenvalue weighted by molar-refractivity contribution is 0.331. The molecular formula is C22H18BrFO4S2. The number of rotatable bonds is 7. The van der Waals surface area contributed by atoms with Gasteiger partial charge < -0.3 is 0 Å². The van der Waals surface area contributed by atoms with Crippen LogP contribution in [-0.2, 0) is 19.7 Å². The second kappa shape index (κ2) is 8.45. The van der Waals surface area contributed by atoms with Crippen LogP contribution in [0, 0.1) is 0 Å². The fourth-order valence-corrected chi connectivity index (χ4v) is 7.95. The van der Waals surface area contributed by atoms with E-state index in [4.69, 9.17) is 0 Å². The highest BCUT2D eigenvalue weighted by molar-refractivity contribution is 9.10. The number of allylic oxidation sites excluding steroid dienone is 1. The van der Waals surface area contributed by atoms with E-state index >= 15 is 4.39 Å². The molecule has 0 unspecified atom stereocenters. The van der Waals surface area contributed by atoms with Gasteiger partial charge in [0.1, 0.15) is 0 Å². The van der Waals surface area contributed by atoms with Crippen molar-refractivity contribution < 1.29 is 21.2 Å². The molecule has 3 rings (SSSR count). The number of benzene rings is 3. The molecule has 1 atom stereocenters. The van der Waals surface area contributed by atoms with Crippen LogP contribution < -0.4 is 0 Å². The fourth-order valence-electron chi connectivity index (χ4n) is 3.15. The van der Waals surface area contributed by atoms with Crippen molar-refractivity contribution >= 4 is 35.6 Å². The lowest BCUT2D eigenvalue weighted by Crippen LogP contribution is -2.47. The first-order valence-electron chi connectivity index (χ1n) is 8.82. The summed E-state index contributed by atoms with van der Waals surface area (Å²) in [5.41, 5.74) is 0.162. The Balaban J connectivity index is 2.37. The highest BCUT2D eigenvalue weighted by Gasteiger charge is 2.62. The molecule has 0 aliphatic heterocycles. The number of hydrogen-bond acceptors (Lipinski definition) is 4. The Labute approximate surface area is 184 Å². The zero-order valence-corrected chi connectivity index (χ0v) is 18.9. The molecule has 0 N–H and O–H groups in total. The molecular weight excluding hydrogens is 491 g/mol. The molecule has 3 aromatic rings. The standard InChI is InChI=1S/C22H18BrFO4S2/c1-2-21(17-13-15-18(23)16-14-17)22(24,29(25,26)19-9-5-3-6-10-19)30(27,28)20-11-7-4-8-12-20/h2-16,21H,1H2/t21-/m0/s1. The maximum absolute atomic E-state index is 16.9. The minimum absolute atomic E-state index is 0.162. The summed E-state index contributed by atoms with van der Waals surface area (Å²) >= 11 is 3.26. The van der Waals surface area contributed by atoms with Crippen molar-refractivity contribution in [3.8, 4) is 0 Å². The van der Waals surface area contributed by atoms with Crippen LogP contribution >= 0.6 is 15.9 Å². The summed E-state index contributed by atoms with van der Waals surface area (Å²) in [5.74, 6) is -1.68. The van der Waals surface area contributed by atoms with Crippen molar-refractivity contribution in [2.45, 2.75) is 20.0 Å². The van der Waals surface area contributed by atoms with Gasteiger partial charge in [-0.2, -0.15) is 0 Å². The van der Waals surface area contributed by atoms with Crippen LogP contribution in [0.4, 0.5) is 4.39 Å². The molecule has 30 heavy (non-hydrogen) atoms. The molecule has 0 aliphatic rings. The minimum atomic E-state index is -5.01. The first kappa shape index (κ1) is 22.4. The van der Waals surface area contributed by atoms with E-state index in [-0.39, 0.29) is 5.56 Å². The van der Waals surface area contributed by atoms with Gasteiger partial charge in [0.25, 0.3) is 0 Å². The maximum atomic E-state index is 16.9. The molecule has 0 saturated heterocycles. The number of sulfone groups is 2. The summed E-state index contributed by atoms with van der Waals surface area (Å²) in [5, 5.41) is 0. The van der Waals surface area contributed by atoms with Crippen LogP contribution in [0.1, 0.15) is 11.5 Å². The summed E-state index contributed by atoms with van der Waals surface area (Å²) in [4.78, 5) is -0.869. The van der Waals surface area contributed by atoms with Crippen molar-refractivity contribution in [1.29, 1.82) is 0 Å². The Morgan fingerprint density at radius 3 is 1.53 bits per heavy atom. The quantitative estimate of drug-likeness (QED) is 0.406. The van der Waals surface area contributed by atoms with Gasteiger partial charge in [-0.15, -0.1) is 6.58 Å². The van der Waals surface area contributed by atoms with Gasteiger partial charge in [0.05, 0.1) is 15.7 Å². The van der Waals surface area contributed by atoms with E-state index in [0.29, 0.717) is 4.47 Å². The molecule has 0 saturated carbocycles. The van der Waals surface area contributed by atoms with Crippen molar-refractivity contribution in [2.75, 3.05) is 0 Å². The molecule has 8 heteroatoms. The molecule has 3 aromatic carbocycles. The number of alkyl halides is 1. The summed E-state index contributed by atoms with van der Waals surface area (Å²) in [7, 11) is -10.0. The molecule has 0 spiro atoms. The molecule has 0 fully saturated rings. The number of halogens is 2. The van der Waals surface area contributed by atoms with Gasteiger partial charge in [0, 0.05) is 4.47 Å². The third-order valence-electron chi connectivity index (χ3n) is 4.68. The Morgan fingerprint density at radius 1 is 0.767 bits per heavy atom. The smallest absolute Gasteiger partial charge is 0.219 e. The monoisotopic (exact) mass is 508 g/mol. The molecule has 0 aliphatic carbocycles.